The predicted molar refractivity (Wildman–Crippen MR) is 79.1 cm³/mol. The molecule has 114 valence electrons. The Balaban J connectivity index is 0.000000520. The van der Waals surface area contributed by atoms with Crippen molar-refractivity contribution in [1.29, 1.82) is 10.8 Å². The van der Waals surface area contributed by atoms with E-state index in [2.05, 4.69) is 6.92 Å². The SMILES string of the molecule is CC(C1CCCCC1)C1CCCCC1.N=C=O.N=C=O. The van der Waals surface area contributed by atoms with Gasteiger partial charge in [0.2, 0.25) is 12.2 Å². The Morgan fingerprint density at radius 2 is 1.00 bits per heavy atom. The monoisotopic (exact) mass is 280 g/mol. The van der Waals surface area contributed by atoms with E-state index < -0.39 is 0 Å². The summed E-state index contributed by atoms with van der Waals surface area (Å²) in [6, 6.07) is 0. The molecule has 0 amide bonds. The topological polar surface area (TPSA) is 81.8 Å². The van der Waals surface area contributed by atoms with Crippen molar-refractivity contribution < 1.29 is 9.59 Å². The van der Waals surface area contributed by atoms with Crippen molar-refractivity contribution in [2.24, 2.45) is 17.8 Å². The fourth-order valence-electron chi connectivity index (χ4n) is 3.70. The molecule has 2 rings (SSSR count). The number of hydrogen-bond acceptors (Lipinski definition) is 4. The van der Waals surface area contributed by atoms with Crippen LogP contribution in [0.25, 0.3) is 0 Å². The molecule has 0 spiro atoms. The summed E-state index contributed by atoms with van der Waals surface area (Å²) in [5.74, 6) is 3.22. The van der Waals surface area contributed by atoms with Gasteiger partial charge in [-0.05, 0) is 17.8 Å². The minimum atomic E-state index is 0.750. The van der Waals surface area contributed by atoms with Crippen molar-refractivity contribution in [2.45, 2.75) is 71.1 Å². The molecule has 0 bridgehead atoms. The third kappa shape index (κ3) is 8.04. The lowest BCUT2D eigenvalue weighted by Gasteiger charge is -2.35. The summed E-state index contributed by atoms with van der Waals surface area (Å²) in [6.45, 7) is 2.55. The summed E-state index contributed by atoms with van der Waals surface area (Å²) in [6.07, 6.45) is 16.7. The van der Waals surface area contributed by atoms with E-state index in [1.54, 1.807) is 0 Å². The first kappa shape index (κ1) is 18.8. The highest BCUT2D eigenvalue weighted by molar-refractivity contribution is 5.26. The predicted octanol–water partition coefficient (Wildman–Crippen LogP) is 4.59. The molecule has 0 aromatic rings. The number of isocyanates is 2. The maximum atomic E-state index is 8.35. The molecular weight excluding hydrogens is 252 g/mol. The van der Waals surface area contributed by atoms with Crippen molar-refractivity contribution in [3.8, 4) is 0 Å². The average molecular weight is 280 g/mol. The average Bonchev–Trinajstić information content (AvgIpc) is 2.50. The molecule has 0 aliphatic heterocycles. The fraction of sp³-hybridized carbons (Fsp3) is 0.875. The van der Waals surface area contributed by atoms with Crippen LogP contribution in [-0.2, 0) is 9.59 Å². The van der Waals surface area contributed by atoms with Gasteiger partial charge in [-0.1, -0.05) is 71.1 Å². The van der Waals surface area contributed by atoms with Crippen LogP contribution < -0.4 is 0 Å². The third-order valence-electron chi connectivity index (χ3n) is 4.79. The first-order valence-electron chi connectivity index (χ1n) is 7.79. The van der Waals surface area contributed by atoms with Gasteiger partial charge >= 0.3 is 0 Å². The van der Waals surface area contributed by atoms with Gasteiger partial charge in [0, 0.05) is 0 Å². The summed E-state index contributed by atoms with van der Waals surface area (Å²) < 4.78 is 0. The first-order chi connectivity index (χ1) is 9.71. The quantitative estimate of drug-likeness (QED) is 0.573. The van der Waals surface area contributed by atoms with Crippen LogP contribution in [0.1, 0.15) is 71.1 Å². The Hall–Kier alpha value is -1.24. The molecule has 4 nitrogen and oxygen atoms in total. The first-order valence-corrected chi connectivity index (χ1v) is 7.79. The van der Waals surface area contributed by atoms with E-state index in [4.69, 9.17) is 20.4 Å². The minimum absolute atomic E-state index is 0.750. The molecule has 2 aliphatic rings. The molecule has 4 heteroatoms. The van der Waals surface area contributed by atoms with Crippen molar-refractivity contribution in [3.05, 3.63) is 0 Å². The van der Waals surface area contributed by atoms with Crippen molar-refractivity contribution >= 4 is 12.2 Å². The normalized spacial score (nSPS) is 19.7. The molecule has 0 aromatic carbocycles. The lowest BCUT2D eigenvalue weighted by Crippen LogP contribution is -2.24. The number of nitrogens with one attached hydrogen (secondary N) is 2. The van der Waals surface area contributed by atoms with E-state index >= 15 is 0 Å². The molecule has 0 radical (unpaired) electrons. The van der Waals surface area contributed by atoms with Crippen LogP contribution in [0, 0.1) is 28.6 Å². The molecule has 2 fully saturated rings. The van der Waals surface area contributed by atoms with Gasteiger partial charge in [0.1, 0.15) is 0 Å². The molecule has 0 aromatic heterocycles. The fourth-order valence-corrected chi connectivity index (χ4v) is 3.70. The molecule has 0 atom stereocenters. The molecule has 2 aliphatic carbocycles. The lowest BCUT2D eigenvalue weighted by molar-refractivity contribution is 0.159. The van der Waals surface area contributed by atoms with Crippen molar-refractivity contribution in [2.75, 3.05) is 0 Å². The molecule has 0 saturated heterocycles. The van der Waals surface area contributed by atoms with E-state index in [1.165, 1.54) is 64.2 Å². The molecule has 0 heterocycles. The Kier molecular flexibility index (Phi) is 12.0. The Bertz CT molecular complexity index is 264. The Labute approximate surface area is 122 Å². The van der Waals surface area contributed by atoms with Gasteiger partial charge in [-0.15, -0.1) is 0 Å². The maximum Gasteiger partial charge on any atom is 0.231 e. The highest BCUT2D eigenvalue weighted by atomic mass is 16.1. The minimum Gasteiger partial charge on any atom is -0.222 e. The van der Waals surface area contributed by atoms with Gasteiger partial charge in [0.15, 0.2) is 0 Å². The summed E-state index contributed by atoms with van der Waals surface area (Å²) in [4.78, 5) is 16.7. The number of carbonyl (C=O) groups excluding carboxylic acids is 2. The van der Waals surface area contributed by atoms with Crippen LogP contribution in [0.3, 0.4) is 0 Å². The van der Waals surface area contributed by atoms with Crippen LogP contribution >= 0.6 is 0 Å². The lowest BCUT2D eigenvalue weighted by atomic mass is 9.71. The Morgan fingerprint density at radius 3 is 1.25 bits per heavy atom. The molecule has 20 heavy (non-hydrogen) atoms. The molecule has 2 N–H and O–H groups in total. The van der Waals surface area contributed by atoms with Crippen LogP contribution in [0.5, 0.6) is 0 Å². The zero-order valence-electron chi connectivity index (χ0n) is 12.6. The second kappa shape index (κ2) is 12.8. The van der Waals surface area contributed by atoms with E-state index in [-0.39, 0.29) is 0 Å². The number of rotatable bonds is 2. The summed E-state index contributed by atoms with van der Waals surface area (Å²) in [7, 11) is 0. The van der Waals surface area contributed by atoms with Gasteiger partial charge in [0.25, 0.3) is 0 Å². The second-order valence-corrected chi connectivity index (χ2v) is 5.86. The van der Waals surface area contributed by atoms with Crippen LogP contribution in [-0.4, -0.2) is 12.2 Å². The zero-order valence-corrected chi connectivity index (χ0v) is 12.6. The smallest absolute Gasteiger partial charge is 0.222 e. The van der Waals surface area contributed by atoms with Crippen LogP contribution in [0.15, 0.2) is 0 Å². The molecule has 2 saturated carbocycles. The number of hydrogen-bond donors (Lipinski definition) is 2. The van der Waals surface area contributed by atoms with Crippen molar-refractivity contribution in [3.63, 3.8) is 0 Å². The van der Waals surface area contributed by atoms with Gasteiger partial charge in [-0.25, -0.2) is 20.4 Å². The second-order valence-electron chi connectivity index (χ2n) is 5.86. The maximum absolute atomic E-state index is 8.35. The third-order valence-corrected chi connectivity index (χ3v) is 4.79. The standard InChI is InChI=1S/C14H26.2CHNO/c1-12(13-8-4-2-5-9-13)14-10-6-3-7-11-14;2*2-1-3/h12-14H,2-11H2,1H3;2*2H. The summed E-state index contributed by atoms with van der Waals surface area (Å²) in [5.41, 5.74) is 0. The van der Waals surface area contributed by atoms with Crippen LogP contribution in [0.4, 0.5) is 0 Å². The van der Waals surface area contributed by atoms with E-state index in [1.807, 2.05) is 0 Å². The largest absolute Gasteiger partial charge is 0.231 e. The Morgan fingerprint density at radius 1 is 0.750 bits per heavy atom. The highest BCUT2D eigenvalue weighted by Gasteiger charge is 2.27. The van der Waals surface area contributed by atoms with Gasteiger partial charge in [-0.3, -0.25) is 0 Å². The summed E-state index contributed by atoms with van der Waals surface area (Å²) >= 11 is 0. The van der Waals surface area contributed by atoms with Crippen molar-refractivity contribution in [1.82, 2.24) is 0 Å². The van der Waals surface area contributed by atoms with E-state index in [0.717, 1.165) is 29.9 Å². The molecule has 0 unspecified atom stereocenters. The molecular formula is C16H28N2O2. The summed E-state index contributed by atoms with van der Waals surface area (Å²) in [5, 5.41) is 10.8. The van der Waals surface area contributed by atoms with Gasteiger partial charge < -0.3 is 0 Å². The van der Waals surface area contributed by atoms with Gasteiger partial charge in [-0.2, -0.15) is 0 Å². The van der Waals surface area contributed by atoms with Gasteiger partial charge in [0.05, 0.1) is 0 Å². The van der Waals surface area contributed by atoms with E-state index in [0.29, 0.717) is 0 Å². The van der Waals surface area contributed by atoms with Crippen LogP contribution in [0.2, 0.25) is 0 Å². The highest BCUT2D eigenvalue weighted by Crippen LogP contribution is 2.39. The zero-order chi connectivity index (χ0) is 15.2. The van der Waals surface area contributed by atoms with E-state index in [9.17, 15) is 0 Å².